The van der Waals surface area contributed by atoms with Crippen molar-refractivity contribution in [1.82, 2.24) is 9.13 Å². The maximum Gasteiger partial charge on any atom is 0.308 e. The molecule has 0 bridgehead atoms. The Kier molecular flexibility index (Phi) is 1.90. The molecule has 4 aliphatic rings. The molecule has 27 heavy (non-hydrogen) atoms. The number of nitrogens with zero attached hydrogens (tertiary/aromatic N) is 4. The minimum absolute atomic E-state index is 0.285. The summed E-state index contributed by atoms with van der Waals surface area (Å²) in [5, 5.41) is 0. The summed E-state index contributed by atoms with van der Waals surface area (Å²) in [4.78, 5) is 0. The van der Waals surface area contributed by atoms with Crippen LogP contribution in [0.1, 0.15) is 22.3 Å². The molecule has 1 spiro atoms. The average Bonchev–Trinajstić information content (AvgIpc) is 3.44. The maximum absolute atomic E-state index is 2.54. The van der Waals surface area contributed by atoms with E-state index in [-0.39, 0.29) is 5.66 Å². The van der Waals surface area contributed by atoms with Gasteiger partial charge in [0, 0.05) is 12.8 Å². The van der Waals surface area contributed by atoms with Gasteiger partial charge in [0.25, 0.3) is 11.6 Å². The van der Waals surface area contributed by atoms with Crippen molar-refractivity contribution in [2.24, 2.45) is 0 Å². The van der Waals surface area contributed by atoms with E-state index in [1.807, 2.05) is 0 Å². The van der Waals surface area contributed by atoms with Gasteiger partial charge in [-0.1, -0.05) is 24.3 Å². The van der Waals surface area contributed by atoms with Crippen molar-refractivity contribution in [3.8, 4) is 22.8 Å². The third-order valence-electron chi connectivity index (χ3n) is 7.23. The molecule has 0 unspecified atom stereocenters. The Bertz CT molecular complexity index is 1230. The van der Waals surface area contributed by atoms with Crippen LogP contribution in [0.4, 0.5) is 0 Å². The Morgan fingerprint density at radius 1 is 0.704 bits per heavy atom. The van der Waals surface area contributed by atoms with E-state index < -0.39 is 0 Å². The highest BCUT2D eigenvalue weighted by atomic mass is 15.4. The monoisotopic (exact) mass is 350 g/mol. The Morgan fingerprint density at radius 3 is 1.74 bits per heavy atom. The Balaban J connectivity index is 1.66. The number of rotatable bonds is 0. The van der Waals surface area contributed by atoms with Crippen LogP contribution in [0.25, 0.3) is 22.8 Å². The minimum Gasteiger partial charge on any atom is -0.229 e. The molecule has 2 aromatic heterocycles. The molecular formula is C23H18N4+2. The van der Waals surface area contributed by atoms with Gasteiger partial charge in [0.1, 0.15) is 24.8 Å². The highest BCUT2D eigenvalue weighted by Gasteiger charge is 2.64. The van der Waals surface area contributed by atoms with E-state index in [1.165, 1.54) is 45.0 Å². The van der Waals surface area contributed by atoms with E-state index in [9.17, 15) is 0 Å². The fourth-order valence-corrected chi connectivity index (χ4v) is 6.25. The third kappa shape index (κ3) is 1.15. The quantitative estimate of drug-likeness (QED) is 0.374. The van der Waals surface area contributed by atoms with Crippen LogP contribution in [-0.2, 0) is 31.6 Å². The summed E-state index contributed by atoms with van der Waals surface area (Å²) in [6.07, 6.45) is 11.4. The fraction of sp³-hybridized carbons (Fsp3) is 0.217. The summed E-state index contributed by atoms with van der Waals surface area (Å²) >= 11 is 0. The predicted molar refractivity (Wildman–Crippen MR) is 99.1 cm³/mol. The van der Waals surface area contributed by atoms with Gasteiger partial charge in [-0.15, -0.1) is 0 Å². The van der Waals surface area contributed by atoms with E-state index in [0.717, 1.165) is 25.9 Å². The average molecular weight is 350 g/mol. The lowest BCUT2D eigenvalue weighted by Gasteiger charge is -2.22. The molecule has 8 rings (SSSR count). The molecule has 0 saturated heterocycles. The first-order valence-electron chi connectivity index (χ1n) is 9.87. The zero-order chi connectivity index (χ0) is 17.3. The van der Waals surface area contributed by atoms with Crippen LogP contribution < -0.4 is 9.13 Å². The number of imidazole rings is 2. The number of aromatic nitrogens is 4. The van der Waals surface area contributed by atoms with Crippen LogP contribution in [0, 0.1) is 0 Å². The molecule has 0 atom stereocenters. The Morgan fingerprint density at radius 2 is 1.22 bits per heavy atom. The molecule has 128 valence electrons. The third-order valence-corrected chi connectivity index (χ3v) is 7.23. The van der Waals surface area contributed by atoms with Crippen molar-refractivity contribution in [1.29, 1.82) is 0 Å². The Hall–Kier alpha value is -3.14. The topological polar surface area (TPSA) is 17.6 Å². The second kappa shape index (κ2) is 3.91. The number of fused-ring (bicyclic) bond motifs is 4. The van der Waals surface area contributed by atoms with Crippen molar-refractivity contribution in [2.75, 3.05) is 0 Å². The van der Waals surface area contributed by atoms with Crippen molar-refractivity contribution < 1.29 is 9.13 Å². The van der Waals surface area contributed by atoms with E-state index in [4.69, 9.17) is 0 Å². The van der Waals surface area contributed by atoms with E-state index in [0.29, 0.717) is 0 Å². The molecular weight excluding hydrogens is 332 g/mol. The summed E-state index contributed by atoms with van der Waals surface area (Å²) in [5.41, 5.74) is 8.48. The smallest absolute Gasteiger partial charge is 0.229 e. The summed E-state index contributed by atoms with van der Waals surface area (Å²) < 4.78 is 9.96. The zero-order valence-corrected chi connectivity index (χ0v) is 14.9. The number of hydrogen-bond acceptors (Lipinski definition) is 0. The molecule has 0 N–H and O–H groups in total. The normalized spacial score (nSPS) is 18.1. The first-order valence-corrected chi connectivity index (χ1v) is 9.87. The molecule has 4 heteroatoms. The molecule has 2 aromatic carbocycles. The van der Waals surface area contributed by atoms with Gasteiger partial charge in [0.15, 0.2) is 0 Å². The van der Waals surface area contributed by atoms with Crippen LogP contribution in [-0.4, -0.2) is 9.13 Å². The second-order valence-electron chi connectivity index (χ2n) is 8.22. The van der Waals surface area contributed by atoms with Crippen LogP contribution in [0.2, 0.25) is 0 Å². The van der Waals surface area contributed by atoms with Gasteiger partial charge >= 0.3 is 5.66 Å². The van der Waals surface area contributed by atoms with Crippen molar-refractivity contribution in [3.63, 3.8) is 0 Å². The largest absolute Gasteiger partial charge is 0.308 e. The second-order valence-corrected chi connectivity index (χ2v) is 8.22. The maximum atomic E-state index is 2.54. The van der Waals surface area contributed by atoms with Gasteiger partial charge in [-0.25, -0.2) is 9.13 Å². The van der Waals surface area contributed by atoms with Crippen molar-refractivity contribution >= 4 is 0 Å². The van der Waals surface area contributed by atoms with Crippen LogP contribution in [0.5, 0.6) is 0 Å². The number of aryl methyl sites for hydroxylation is 4. The minimum atomic E-state index is -0.285. The fourth-order valence-electron chi connectivity index (χ4n) is 6.25. The lowest BCUT2D eigenvalue weighted by Crippen LogP contribution is -2.40. The summed E-state index contributed by atoms with van der Waals surface area (Å²) in [6.45, 7) is 2.14. The van der Waals surface area contributed by atoms with Gasteiger partial charge in [-0.05, 0) is 23.3 Å². The molecule has 0 saturated carbocycles. The van der Waals surface area contributed by atoms with E-state index in [1.54, 1.807) is 0 Å². The standard InChI is InChI=1S/C23H18N4/c1-3-15-7-9-24-11-13-26-21(24)19(15)17(5-1)23(26)18-6-2-4-16-8-10-25-12-14-27(23)22(25)20(16)18/h1-6,11-14H,7-10H2/q+2. The number of hydrogen-bond donors (Lipinski definition) is 0. The van der Waals surface area contributed by atoms with Crippen molar-refractivity contribution in [2.45, 2.75) is 31.6 Å². The first kappa shape index (κ1) is 13.1. The first-order chi connectivity index (χ1) is 13.4. The summed E-state index contributed by atoms with van der Waals surface area (Å²) in [7, 11) is 0. The summed E-state index contributed by atoms with van der Waals surface area (Å²) in [6, 6.07) is 13.9. The van der Waals surface area contributed by atoms with E-state index in [2.05, 4.69) is 79.5 Å². The van der Waals surface area contributed by atoms with Crippen LogP contribution >= 0.6 is 0 Å². The highest BCUT2D eigenvalue weighted by molar-refractivity contribution is 5.80. The lowest BCUT2D eigenvalue weighted by molar-refractivity contribution is -0.687. The van der Waals surface area contributed by atoms with Gasteiger partial charge in [-0.3, -0.25) is 0 Å². The van der Waals surface area contributed by atoms with Gasteiger partial charge in [0.05, 0.1) is 35.3 Å². The van der Waals surface area contributed by atoms with Gasteiger partial charge in [0.2, 0.25) is 0 Å². The molecule has 0 aliphatic carbocycles. The SMILES string of the molecule is c1cc2c3c(c1)C1(c4cccc5c4-c4n1cc[n+]4CC5)n1cc[n+](c1-3)CC2. The van der Waals surface area contributed by atoms with Crippen molar-refractivity contribution in [3.05, 3.63) is 83.4 Å². The summed E-state index contributed by atoms with van der Waals surface area (Å²) in [5.74, 6) is 2.74. The highest BCUT2D eigenvalue weighted by Crippen LogP contribution is 2.56. The molecule has 6 heterocycles. The molecule has 4 nitrogen and oxygen atoms in total. The van der Waals surface area contributed by atoms with Gasteiger partial charge < -0.3 is 0 Å². The van der Waals surface area contributed by atoms with Gasteiger partial charge in [-0.2, -0.15) is 9.13 Å². The van der Waals surface area contributed by atoms with Crippen LogP contribution in [0.3, 0.4) is 0 Å². The van der Waals surface area contributed by atoms with E-state index >= 15 is 0 Å². The zero-order valence-electron chi connectivity index (χ0n) is 14.9. The number of benzene rings is 2. The van der Waals surface area contributed by atoms with Crippen LogP contribution in [0.15, 0.2) is 61.2 Å². The Labute approximate surface area is 156 Å². The molecule has 4 aliphatic heterocycles. The molecule has 0 radical (unpaired) electrons. The predicted octanol–water partition coefficient (Wildman–Crippen LogP) is 2.24. The molecule has 4 aromatic rings. The molecule has 0 fully saturated rings. The molecule has 0 amide bonds. The lowest BCUT2D eigenvalue weighted by atomic mass is 9.85.